The standard InChI is InChI=1S/C15H21N3O4S/c1-2-9-16-14(19)11-17-23(21,22)13-7-5-12(6-8-13)18-10-3-4-15(18)20/h5-8,17H,2-4,9-11H2,1H3,(H,16,19). The Kier molecular flexibility index (Phi) is 5.73. The third kappa shape index (κ3) is 4.52. The van der Waals surface area contributed by atoms with Gasteiger partial charge in [-0.1, -0.05) is 6.92 Å². The van der Waals surface area contributed by atoms with E-state index in [9.17, 15) is 18.0 Å². The van der Waals surface area contributed by atoms with Crippen LogP contribution in [0.3, 0.4) is 0 Å². The summed E-state index contributed by atoms with van der Waals surface area (Å²) < 4.78 is 26.5. The van der Waals surface area contributed by atoms with Crippen molar-refractivity contribution in [3.05, 3.63) is 24.3 Å². The van der Waals surface area contributed by atoms with Crippen LogP contribution < -0.4 is 14.9 Å². The number of nitrogens with zero attached hydrogens (tertiary/aromatic N) is 1. The van der Waals surface area contributed by atoms with Crippen molar-refractivity contribution >= 4 is 27.5 Å². The molecule has 2 rings (SSSR count). The van der Waals surface area contributed by atoms with E-state index in [2.05, 4.69) is 10.0 Å². The van der Waals surface area contributed by atoms with E-state index in [-0.39, 0.29) is 23.3 Å². The van der Waals surface area contributed by atoms with Crippen LogP contribution in [0.5, 0.6) is 0 Å². The van der Waals surface area contributed by atoms with Crippen molar-refractivity contribution in [3.8, 4) is 0 Å². The van der Waals surface area contributed by atoms with Crippen LogP contribution in [0.25, 0.3) is 0 Å². The van der Waals surface area contributed by atoms with E-state index in [1.54, 1.807) is 17.0 Å². The first-order chi connectivity index (χ1) is 10.9. The zero-order valence-corrected chi connectivity index (χ0v) is 13.9. The SMILES string of the molecule is CCCNC(=O)CNS(=O)(=O)c1ccc(N2CCCC2=O)cc1. The zero-order valence-electron chi connectivity index (χ0n) is 13.0. The van der Waals surface area contributed by atoms with E-state index < -0.39 is 10.0 Å². The smallest absolute Gasteiger partial charge is 0.241 e. The predicted octanol–water partition coefficient (Wildman–Crippen LogP) is 0.618. The van der Waals surface area contributed by atoms with Crippen LogP contribution in [-0.4, -0.2) is 39.9 Å². The van der Waals surface area contributed by atoms with Crippen LogP contribution in [0.4, 0.5) is 5.69 Å². The molecule has 0 spiro atoms. The molecule has 126 valence electrons. The van der Waals surface area contributed by atoms with Gasteiger partial charge in [-0.15, -0.1) is 0 Å². The number of anilines is 1. The average Bonchev–Trinajstić information content (AvgIpc) is 2.97. The van der Waals surface area contributed by atoms with Crippen molar-refractivity contribution < 1.29 is 18.0 Å². The zero-order chi connectivity index (χ0) is 16.9. The summed E-state index contributed by atoms with van der Waals surface area (Å²) in [4.78, 5) is 24.8. The van der Waals surface area contributed by atoms with Gasteiger partial charge < -0.3 is 10.2 Å². The van der Waals surface area contributed by atoms with Gasteiger partial charge in [0, 0.05) is 25.2 Å². The van der Waals surface area contributed by atoms with Gasteiger partial charge in [-0.2, -0.15) is 0 Å². The van der Waals surface area contributed by atoms with Gasteiger partial charge in [0.05, 0.1) is 11.4 Å². The summed E-state index contributed by atoms with van der Waals surface area (Å²) in [6.45, 7) is 2.78. The number of hydrogen-bond acceptors (Lipinski definition) is 4. The first kappa shape index (κ1) is 17.4. The summed E-state index contributed by atoms with van der Waals surface area (Å²) in [6, 6.07) is 6.09. The number of carbonyl (C=O) groups excluding carboxylic acids is 2. The van der Waals surface area contributed by atoms with Crippen molar-refractivity contribution in [2.75, 3.05) is 24.5 Å². The Morgan fingerprint density at radius 3 is 2.52 bits per heavy atom. The highest BCUT2D eigenvalue weighted by molar-refractivity contribution is 7.89. The molecule has 0 radical (unpaired) electrons. The minimum absolute atomic E-state index is 0.0475. The number of hydrogen-bond donors (Lipinski definition) is 2. The molecule has 7 nitrogen and oxygen atoms in total. The minimum Gasteiger partial charge on any atom is -0.355 e. The molecule has 2 amide bonds. The van der Waals surface area contributed by atoms with Crippen LogP contribution >= 0.6 is 0 Å². The highest BCUT2D eigenvalue weighted by atomic mass is 32.2. The maximum Gasteiger partial charge on any atom is 0.241 e. The minimum atomic E-state index is -3.75. The fourth-order valence-electron chi connectivity index (χ4n) is 2.30. The van der Waals surface area contributed by atoms with Crippen LogP contribution in [0.2, 0.25) is 0 Å². The molecule has 0 aliphatic carbocycles. The summed E-state index contributed by atoms with van der Waals surface area (Å²) in [6.07, 6.45) is 2.12. The van der Waals surface area contributed by atoms with Gasteiger partial charge in [0.1, 0.15) is 0 Å². The van der Waals surface area contributed by atoms with Crippen LogP contribution in [-0.2, 0) is 19.6 Å². The lowest BCUT2D eigenvalue weighted by Crippen LogP contribution is -2.37. The van der Waals surface area contributed by atoms with Gasteiger partial charge in [-0.25, -0.2) is 13.1 Å². The van der Waals surface area contributed by atoms with E-state index in [1.807, 2.05) is 6.92 Å². The molecule has 0 unspecified atom stereocenters. The van der Waals surface area contributed by atoms with Gasteiger partial charge in [-0.05, 0) is 37.1 Å². The molecule has 1 aliphatic rings. The predicted molar refractivity (Wildman–Crippen MR) is 86.5 cm³/mol. The summed E-state index contributed by atoms with van der Waals surface area (Å²) in [5.41, 5.74) is 0.687. The molecular weight excluding hydrogens is 318 g/mol. The molecule has 0 bridgehead atoms. The fraction of sp³-hybridized carbons (Fsp3) is 0.467. The number of carbonyl (C=O) groups is 2. The Morgan fingerprint density at radius 1 is 1.26 bits per heavy atom. The van der Waals surface area contributed by atoms with Crippen LogP contribution in [0.15, 0.2) is 29.2 Å². The maximum absolute atomic E-state index is 12.1. The van der Waals surface area contributed by atoms with Crippen molar-refractivity contribution in [1.82, 2.24) is 10.0 Å². The van der Waals surface area contributed by atoms with E-state index in [0.717, 1.165) is 12.8 Å². The molecule has 0 aromatic heterocycles. The summed E-state index contributed by atoms with van der Waals surface area (Å²) in [5.74, 6) is -0.318. The highest BCUT2D eigenvalue weighted by Crippen LogP contribution is 2.22. The van der Waals surface area contributed by atoms with Crippen molar-refractivity contribution in [1.29, 1.82) is 0 Å². The number of benzene rings is 1. The highest BCUT2D eigenvalue weighted by Gasteiger charge is 2.22. The third-order valence-electron chi connectivity index (χ3n) is 3.53. The topological polar surface area (TPSA) is 95.6 Å². The molecule has 1 aromatic rings. The molecule has 1 heterocycles. The quantitative estimate of drug-likeness (QED) is 0.761. The first-order valence-electron chi connectivity index (χ1n) is 7.61. The fourth-order valence-corrected chi connectivity index (χ4v) is 3.28. The lowest BCUT2D eigenvalue weighted by molar-refractivity contribution is -0.120. The first-order valence-corrected chi connectivity index (χ1v) is 9.09. The Morgan fingerprint density at radius 2 is 1.96 bits per heavy atom. The summed E-state index contributed by atoms with van der Waals surface area (Å²) >= 11 is 0. The second-order valence-electron chi connectivity index (χ2n) is 5.32. The van der Waals surface area contributed by atoms with E-state index in [4.69, 9.17) is 0 Å². The number of rotatable bonds is 7. The summed E-state index contributed by atoms with van der Waals surface area (Å²) in [5, 5.41) is 2.60. The van der Waals surface area contributed by atoms with Crippen LogP contribution in [0.1, 0.15) is 26.2 Å². The van der Waals surface area contributed by atoms with E-state index >= 15 is 0 Å². The molecule has 1 aliphatic heterocycles. The molecule has 1 saturated heterocycles. The third-order valence-corrected chi connectivity index (χ3v) is 4.94. The van der Waals surface area contributed by atoms with E-state index in [0.29, 0.717) is 25.2 Å². The molecule has 1 fully saturated rings. The second kappa shape index (κ2) is 7.56. The van der Waals surface area contributed by atoms with Crippen molar-refractivity contribution in [2.24, 2.45) is 0 Å². The van der Waals surface area contributed by atoms with Gasteiger partial charge in [0.25, 0.3) is 0 Å². The largest absolute Gasteiger partial charge is 0.355 e. The lowest BCUT2D eigenvalue weighted by atomic mass is 10.3. The van der Waals surface area contributed by atoms with Gasteiger partial charge in [-0.3, -0.25) is 9.59 Å². The van der Waals surface area contributed by atoms with Gasteiger partial charge in [0.15, 0.2) is 0 Å². The van der Waals surface area contributed by atoms with Gasteiger partial charge in [0.2, 0.25) is 21.8 Å². The molecule has 0 atom stereocenters. The molecule has 23 heavy (non-hydrogen) atoms. The lowest BCUT2D eigenvalue weighted by Gasteiger charge is -2.16. The van der Waals surface area contributed by atoms with E-state index in [1.165, 1.54) is 12.1 Å². The molecule has 8 heteroatoms. The molecule has 2 N–H and O–H groups in total. The summed E-state index contributed by atoms with van der Waals surface area (Å²) in [7, 11) is -3.75. The van der Waals surface area contributed by atoms with Crippen LogP contribution in [0, 0.1) is 0 Å². The molecule has 1 aromatic carbocycles. The number of amides is 2. The molecule has 0 saturated carbocycles. The Hall–Kier alpha value is -1.93. The monoisotopic (exact) mass is 339 g/mol. The molecular formula is C15H21N3O4S. The number of nitrogens with one attached hydrogen (secondary N) is 2. The number of sulfonamides is 1. The van der Waals surface area contributed by atoms with Crippen molar-refractivity contribution in [2.45, 2.75) is 31.1 Å². The van der Waals surface area contributed by atoms with Crippen molar-refractivity contribution in [3.63, 3.8) is 0 Å². The maximum atomic E-state index is 12.1. The Bertz CT molecular complexity index is 670. The average molecular weight is 339 g/mol. The second-order valence-corrected chi connectivity index (χ2v) is 7.08. The van der Waals surface area contributed by atoms with Gasteiger partial charge >= 0.3 is 0 Å². The Balaban J connectivity index is 2.00. The normalized spacial score (nSPS) is 15.0. The Labute approximate surface area is 136 Å².